The van der Waals surface area contributed by atoms with E-state index in [1.54, 1.807) is 0 Å². The van der Waals surface area contributed by atoms with Crippen molar-refractivity contribution in [2.45, 2.75) is 26.2 Å². The maximum Gasteiger partial charge on any atom is 0.309 e. The Morgan fingerprint density at radius 1 is 1.20 bits per heavy atom. The lowest BCUT2D eigenvalue weighted by Crippen LogP contribution is -2.44. The van der Waals surface area contributed by atoms with Crippen molar-refractivity contribution in [3.63, 3.8) is 0 Å². The molecule has 7 nitrogen and oxygen atoms in total. The lowest BCUT2D eigenvalue weighted by atomic mass is 9.97. The zero-order valence-electron chi connectivity index (χ0n) is 14.5. The van der Waals surface area contributed by atoms with Crippen LogP contribution in [0.15, 0.2) is 28.7 Å². The molecule has 1 aromatic heterocycles. The Bertz CT molecular complexity index is 702. The molecule has 0 unspecified atom stereocenters. The molecule has 1 aliphatic heterocycles. The second kappa shape index (κ2) is 8.00. The summed E-state index contributed by atoms with van der Waals surface area (Å²) in [7, 11) is 0. The minimum absolute atomic E-state index is 0.364. The van der Waals surface area contributed by atoms with Crippen LogP contribution in [0.5, 0.6) is 0 Å². The Morgan fingerprint density at radius 3 is 2.64 bits per heavy atom. The molecule has 134 valence electrons. The van der Waals surface area contributed by atoms with Crippen molar-refractivity contribution in [1.29, 1.82) is 0 Å². The predicted molar refractivity (Wildman–Crippen MR) is 95.3 cm³/mol. The number of fused-ring (bicyclic) bond motifs is 1. The number of amides is 2. The van der Waals surface area contributed by atoms with Crippen molar-refractivity contribution in [3.05, 3.63) is 24.3 Å². The quantitative estimate of drug-likeness (QED) is 0.806. The second-order valence-corrected chi connectivity index (χ2v) is 6.36. The van der Waals surface area contributed by atoms with Crippen molar-refractivity contribution >= 4 is 28.9 Å². The van der Waals surface area contributed by atoms with Crippen molar-refractivity contribution in [3.8, 4) is 0 Å². The minimum atomic E-state index is -0.550. The Hall–Kier alpha value is -2.57. The fourth-order valence-electron chi connectivity index (χ4n) is 2.96. The van der Waals surface area contributed by atoms with E-state index in [-0.39, 0.29) is 0 Å². The topological polar surface area (TPSA) is 87.5 Å². The molecule has 2 N–H and O–H groups in total. The zero-order chi connectivity index (χ0) is 17.6. The molecular weight excluding hydrogens is 320 g/mol. The van der Waals surface area contributed by atoms with Crippen LogP contribution in [0.1, 0.15) is 26.2 Å². The van der Waals surface area contributed by atoms with E-state index in [0.29, 0.717) is 25.0 Å². The predicted octanol–water partition coefficient (Wildman–Crippen LogP) is 1.69. The van der Waals surface area contributed by atoms with Crippen molar-refractivity contribution in [2.24, 2.45) is 5.92 Å². The van der Waals surface area contributed by atoms with Gasteiger partial charge >= 0.3 is 11.8 Å². The van der Waals surface area contributed by atoms with E-state index in [2.05, 4.69) is 20.5 Å². The normalized spacial score (nSPS) is 15.3. The van der Waals surface area contributed by atoms with Crippen LogP contribution in [0.4, 0.5) is 6.01 Å². The Kier molecular flexibility index (Phi) is 5.53. The molecule has 0 spiro atoms. The number of anilines is 1. The van der Waals surface area contributed by atoms with Gasteiger partial charge in [0.2, 0.25) is 0 Å². The van der Waals surface area contributed by atoms with Crippen LogP contribution >= 0.6 is 0 Å². The number of hydrogen-bond donors (Lipinski definition) is 2. The number of benzene rings is 1. The number of rotatable bonds is 5. The molecule has 0 aliphatic carbocycles. The standard InChI is InChI=1S/C18H24N4O3/c1-2-9-19-16(23)17(24)20-12-13-7-10-22(11-8-13)18-21-14-5-3-4-6-15(14)25-18/h3-6,13H,2,7-12H2,1H3,(H,19,23)(H,20,24). The van der Waals surface area contributed by atoms with Gasteiger partial charge in [-0.3, -0.25) is 9.59 Å². The van der Waals surface area contributed by atoms with Crippen molar-refractivity contribution in [2.75, 3.05) is 31.1 Å². The molecule has 3 rings (SSSR count). The molecule has 1 fully saturated rings. The van der Waals surface area contributed by atoms with Crippen LogP contribution in [0.25, 0.3) is 11.1 Å². The first kappa shape index (κ1) is 17.3. The molecule has 1 aromatic carbocycles. The number of carbonyl (C=O) groups excluding carboxylic acids is 2. The van der Waals surface area contributed by atoms with E-state index >= 15 is 0 Å². The summed E-state index contributed by atoms with van der Waals surface area (Å²) in [6, 6.07) is 8.39. The van der Waals surface area contributed by atoms with Gasteiger partial charge in [0.1, 0.15) is 5.52 Å². The summed E-state index contributed by atoms with van der Waals surface area (Å²) in [4.78, 5) is 29.9. The van der Waals surface area contributed by atoms with Gasteiger partial charge in [0.25, 0.3) is 6.01 Å². The number of piperidine rings is 1. The number of para-hydroxylation sites is 2. The van der Waals surface area contributed by atoms with Crippen LogP contribution < -0.4 is 15.5 Å². The summed E-state index contributed by atoms with van der Waals surface area (Å²) in [5, 5.41) is 5.31. The van der Waals surface area contributed by atoms with E-state index < -0.39 is 11.8 Å². The van der Waals surface area contributed by atoms with Crippen LogP contribution in [-0.2, 0) is 9.59 Å². The molecular formula is C18H24N4O3. The molecule has 0 radical (unpaired) electrons. The maximum atomic E-state index is 11.7. The van der Waals surface area contributed by atoms with E-state index in [1.165, 1.54) is 0 Å². The summed E-state index contributed by atoms with van der Waals surface area (Å²) in [5.74, 6) is -0.732. The number of nitrogens with one attached hydrogen (secondary N) is 2. The van der Waals surface area contributed by atoms with E-state index in [4.69, 9.17) is 4.42 Å². The number of nitrogens with zero attached hydrogens (tertiary/aromatic N) is 2. The Balaban J connectivity index is 1.45. The summed E-state index contributed by atoms with van der Waals surface area (Å²) in [6.45, 7) is 4.66. The Labute approximate surface area is 146 Å². The summed E-state index contributed by atoms with van der Waals surface area (Å²) < 4.78 is 5.80. The smallest absolute Gasteiger partial charge is 0.309 e. The van der Waals surface area contributed by atoms with Crippen molar-refractivity contribution in [1.82, 2.24) is 15.6 Å². The van der Waals surface area contributed by atoms with E-state index in [1.807, 2.05) is 31.2 Å². The van der Waals surface area contributed by atoms with Gasteiger partial charge in [0, 0.05) is 26.2 Å². The van der Waals surface area contributed by atoms with Gasteiger partial charge in [-0.25, -0.2) is 0 Å². The minimum Gasteiger partial charge on any atom is -0.423 e. The lowest BCUT2D eigenvalue weighted by molar-refractivity contribution is -0.139. The van der Waals surface area contributed by atoms with Crippen molar-refractivity contribution < 1.29 is 14.0 Å². The monoisotopic (exact) mass is 344 g/mol. The first-order chi connectivity index (χ1) is 12.2. The number of hydrogen-bond acceptors (Lipinski definition) is 5. The highest BCUT2D eigenvalue weighted by molar-refractivity contribution is 6.35. The average molecular weight is 344 g/mol. The van der Waals surface area contributed by atoms with E-state index in [9.17, 15) is 9.59 Å². The average Bonchev–Trinajstić information content (AvgIpc) is 3.08. The van der Waals surface area contributed by atoms with Crippen LogP contribution in [0, 0.1) is 5.92 Å². The maximum absolute atomic E-state index is 11.7. The van der Waals surface area contributed by atoms with Crippen LogP contribution in [-0.4, -0.2) is 43.0 Å². The van der Waals surface area contributed by atoms with Gasteiger partial charge in [-0.2, -0.15) is 4.98 Å². The number of aromatic nitrogens is 1. The Morgan fingerprint density at radius 2 is 1.92 bits per heavy atom. The van der Waals surface area contributed by atoms with Gasteiger partial charge in [0.15, 0.2) is 5.58 Å². The first-order valence-corrected chi connectivity index (χ1v) is 8.84. The number of oxazole rings is 1. The second-order valence-electron chi connectivity index (χ2n) is 6.36. The number of carbonyl (C=O) groups is 2. The molecule has 25 heavy (non-hydrogen) atoms. The van der Waals surface area contributed by atoms with Gasteiger partial charge in [-0.15, -0.1) is 0 Å². The molecule has 0 bridgehead atoms. The molecule has 2 aromatic rings. The lowest BCUT2D eigenvalue weighted by Gasteiger charge is -2.30. The fourth-order valence-corrected chi connectivity index (χ4v) is 2.96. The molecule has 2 heterocycles. The van der Waals surface area contributed by atoms with E-state index in [0.717, 1.165) is 43.5 Å². The highest BCUT2D eigenvalue weighted by Crippen LogP contribution is 2.25. The third kappa shape index (κ3) is 4.29. The highest BCUT2D eigenvalue weighted by Gasteiger charge is 2.23. The molecule has 0 atom stereocenters. The molecule has 7 heteroatoms. The largest absolute Gasteiger partial charge is 0.423 e. The van der Waals surface area contributed by atoms with Gasteiger partial charge in [0.05, 0.1) is 0 Å². The SMILES string of the molecule is CCCNC(=O)C(=O)NCC1CCN(c2nc3ccccc3o2)CC1. The van der Waals surface area contributed by atoms with Gasteiger partial charge in [-0.1, -0.05) is 19.1 Å². The zero-order valence-corrected chi connectivity index (χ0v) is 14.5. The van der Waals surface area contributed by atoms with Crippen LogP contribution in [0.3, 0.4) is 0 Å². The molecule has 0 saturated carbocycles. The van der Waals surface area contributed by atoms with Gasteiger partial charge in [-0.05, 0) is 37.3 Å². The fraction of sp³-hybridized carbons (Fsp3) is 0.500. The van der Waals surface area contributed by atoms with Gasteiger partial charge < -0.3 is 20.0 Å². The third-order valence-electron chi connectivity index (χ3n) is 4.46. The summed E-state index contributed by atoms with van der Waals surface area (Å²) >= 11 is 0. The molecule has 2 amide bonds. The highest BCUT2D eigenvalue weighted by atomic mass is 16.4. The summed E-state index contributed by atoms with van der Waals surface area (Å²) in [5.41, 5.74) is 1.66. The summed E-state index contributed by atoms with van der Waals surface area (Å²) in [6.07, 6.45) is 2.67. The van der Waals surface area contributed by atoms with Crippen LogP contribution in [0.2, 0.25) is 0 Å². The first-order valence-electron chi connectivity index (χ1n) is 8.84. The molecule has 1 aliphatic rings. The third-order valence-corrected chi connectivity index (χ3v) is 4.46. The molecule has 1 saturated heterocycles.